The molecule has 0 amide bonds. The zero-order valence-electron chi connectivity index (χ0n) is 10.9. The van der Waals surface area contributed by atoms with Crippen molar-refractivity contribution < 1.29 is 4.39 Å². The zero-order valence-corrected chi connectivity index (χ0v) is 13.3. The molecule has 1 heterocycles. The molecule has 2 nitrogen and oxygen atoms in total. The third kappa shape index (κ3) is 3.84. The van der Waals surface area contributed by atoms with E-state index >= 15 is 0 Å². The molecule has 19 heavy (non-hydrogen) atoms. The van der Waals surface area contributed by atoms with Crippen LogP contribution in [-0.2, 0) is 13.0 Å². The fourth-order valence-electron chi connectivity index (χ4n) is 1.80. The van der Waals surface area contributed by atoms with Gasteiger partial charge in [-0.15, -0.1) is 11.3 Å². The first kappa shape index (κ1) is 14.6. The molecule has 0 bridgehead atoms. The summed E-state index contributed by atoms with van der Waals surface area (Å²) in [6, 6.07) is 4.92. The first-order chi connectivity index (χ1) is 9.10. The van der Waals surface area contributed by atoms with Crippen molar-refractivity contribution in [3.63, 3.8) is 0 Å². The average molecular weight is 343 g/mol. The minimum Gasteiger partial charge on any atom is -0.304 e. The van der Waals surface area contributed by atoms with Crippen molar-refractivity contribution in [1.29, 1.82) is 0 Å². The second-order valence-corrected chi connectivity index (χ2v) is 6.40. The van der Waals surface area contributed by atoms with Crippen molar-refractivity contribution in [3.8, 4) is 0 Å². The van der Waals surface area contributed by atoms with Crippen LogP contribution in [0.25, 0.3) is 0 Å². The van der Waals surface area contributed by atoms with Crippen LogP contribution in [0.3, 0.4) is 0 Å². The van der Waals surface area contributed by atoms with Gasteiger partial charge in [-0.05, 0) is 31.0 Å². The summed E-state index contributed by atoms with van der Waals surface area (Å²) in [4.78, 5) is 5.67. The molecule has 0 aliphatic heterocycles. The molecule has 1 N–H and O–H groups in total. The fourth-order valence-corrected chi connectivity index (χ4v) is 3.30. The molecule has 0 radical (unpaired) electrons. The van der Waals surface area contributed by atoms with E-state index in [1.165, 1.54) is 17.0 Å². The molecule has 1 aromatic carbocycles. The van der Waals surface area contributed by atoms with Gasteiger partial charge in [-0.3, -0.25) is 0 Å². The van der Waals surface area contributed by atoms with Gasteiger partial charge < -0.3 is 5.32 Å². The molecule has 0 saturated carbocycles. The van der Waals surface area contributed by atoms with E-state index in [1.54, 1.807) is 17.4 Å². The number of aryl methyl sites for hydroxylation is 1. The highest BCUT2D eigenvalue weighted by Crippen LogP contribution is 2.24. The third-order valence-corrected chi connectivity index (χ3v) is 4.77. The average Bonchev–Trinajstić information content (AvgIpc) is 2.84. The normalized spacial score (nSPS) is 12.6. The smallest absolute Gasteiger partial charge is 0.124 e. The SMILES string of the molecule is CCc1cnc(CNC(C)c2ccc(F)cc2Br)s1. The van der Waals surface area contributed by atoms with Crippen LogP contribution in [0, 0.1) is 5.82 Å². The van der Waals surface area contributed by atoms with Crippen LogP contribution in [0.15, 0.2) is 28.9 Å². The fraction of sp³-hybridized carbons (Fsp3) is 0.357. The van der Waals surface area contributed by atoms with Crippen LogP contribution in [0.2, 0.25) is 0 Å². The van der Waals surface area contributed by atoms with E-state index in [0.717, 1.165) is 28.0 Å². The van der Waals surface area contributed by atoms with Gasteiger partial charge in [-0.25, -0.2) is 9.37 Å². The van der Waals surface area contributed by atoms with Crippen LogP contribution in [0.5, 0.6) is 0 Å². The molecule has 5 heteroatoms. The zero-order chi connectivity index (χ0) is 13.8. The number of nitrogens with zero attached hydrogens (tertiary/aromatic N) is 1. The van der Waals surface area contributed by atoms with E-state index in [4.69, 9.17) is 0 Å². The summed E-state index contributed by atoms with van der Waals surface area (Å²) in [6.45, 7) is 4.92. The molecule has 1 unspecified atom stereocenters. The van der Waals surface area contributed by atoms with Crippen LogP contribution in [-0.4, -0.2) is 4.98 Å². The van der Waals surface area contributed by atoms with Gasteiger partial charge in [0.1, 0.15) is 10.8 Å². The second kappa shape index (κ2) is 6.59. The third-order valence-electron chi connectivity index (χ3n) is 2.94. The number of halogens is 2. The Morgan fingerprint density at radius 3 is 2.89 bits per heavy atom. The Morgan fingerprint density at radius 2 is 2.26 bits per heavy atom. The maximum atomic E-state index is 13.0. The van der Waals surface area contributed by atoms with Gasteiger partial charge >= 0.3 is 0 Å². The monoisotopic (exact) mass is 342 g/mol. The summed E-state index contributed by atoms with van der Waals surface area (Å²) in [5.41, 5.74) is 1.05. The number of rotatable bonds is 5. The van der Waals surface area contributed by atoms with Gasteiger partial charge in [0.15, 0.2) is 0 Å². The summed E-state index contributed by atoms with van der Waals surface area (Å²) < 4.78 is 13.8. The van der Waals surface area contributed by atoms with Crippen molar-refractivity contribution in [2.75, 3.05) is 0 Å². The number of nitrogens with one attached hydrogen (secondary N) is 1. The van der Waals surface area contributed by atoms with Gasteiger partial charge in [0.2, 0.25) is 0 Å². The number of benzene rings is 1. The molecule has 0 aliphatic rings. The Bertz CT molecular complexity index is 556. The first-order valence-corrected chi connectivity index (χ1v) is 7.83. The molecular weight excluding hydrogens is 327 g/mol. The molecule has 0 spiro atoms. The molecule has 0 fully saturated rings. The highest BCUT2D eigenvalue weighted by molar-refractivity contribution is 9.10. The number of thiazole rings is 1. The summed E-state index contributed by atoms with van der Waals surface area (Å²) in [5, 5.41) is 4.49. The van der Waals surface area contributed by atoms with E-state index in [2.05, 4.69) is 40.1 Å². The van der Waals surface area contributed by atoms with E-state index in [0.29, 0.717) is 0 Å². The van der Waals surface area contributed by atoms with Gasteiger partial charge in [-0.2, -0.15) is 0 Å². The summed E-state index contributed by atoms with van der Waals surface area (Å²) >= 11 is 5.13. The second-order valence-electron chi connectivity index (χ2n) is 4.34. The molecular formula is C14H16BrFN2S. The molecule has 2 rings (SSSR count). The van der Waals surface area contributed by atoms with E-state index in [-0.39, 0.29) is 11.9 Å². The minimum atomic E-state index is -0.227. The minimum absolute atomic E-state index is 0.143. The lowest BCUT2D eigenvalue weighted by Gasteiger charge is -2.15. The van der Waals surface area contributed by atoms with E-state index < -0.39 is 0 Å². The maximum Gasteiger partial charge on any atom is 0.124 e. The van der Waals surface area contributed by atoms with E-state index in [1.807, 2.05) is 6.20 Å². The highest BCUT2D eigenvalue weighted by Gasteiger charge is 2.10. The number of aromatic nitrogens is 1. The van der Waals surface area contributed by atoms with Gasteiger partial charge in [0.05, 0.1) is 0 Å². The number of hydrogen-bond acceptors (Lipinski definition) is 3. The lowest BCUT2D eigenvalue weighted by molar-refractivity contribution is 0.567. The highest BCUT2D eigenvalue weighted by atomic mass is 79.9. The topological polar surface area (TPSA) is 24.9 Å². The van der Waals surface area contributed by atoms with Gasteiger partial charge in [0, 0.05) is 28.1 Å². The lowest BCUT2D eigenvalue weighted by Crippen LogP contribution is -2.18. The Balaban J connectivity index is 1.98. The molecule has 1 atom stereocenters. The Kier molecular flexibility index (Phi) is 5.07. The number of hydrogen-bond donors (Lipinski definition) is 1. The predicted molar refractivity (Wildman–Crippen MR) is 80.8 cm³/mol. The predicted octanol–water partition coefficient (Wildman–Crippen LogP) is 4.46. The largest absolute Gasteiger partial charge is 0.304 e. The molecule has 102 valence electrons. The molecule has 0 saturated heterocycles. The quantitative estimate of drug-likeness (QED) is 0.867. The maximum absolute atomic E-state index is 13.0. The summed E-state index contributed by atoms with van der Waals surface area (Å²) in [7, 11) is 0. The standard InChI is InChI=1S/C14H16BrFN2S/c1-3-11-7-18-14(19-11)8-17-9(2)12-5-4-10(16)6-13(12)15/h4-7,9,17H,3,8H2,1-2H3. The molecule has 1 aromatic heterocycles. The van der Waals surface area contributed by atoms with Crippen LogP contribution < -0.4 is 5.32 Å². The first-order valence-electron chi connectivity index (χ1n) is 6.22. The molecule has 0 aliphatic carbocycles. The van der Waals surface area contributed by atoms with Crippen LogP contribution >= 0.6 is 27.3 Å². The van der Waals surface area contributed by atoms with Crippen molar-refractivity contribution in [1.82, 2.24) is 10.3 Å². The Morgan fingerprint density at radius 1 is 1.47 bits per heavy atom. The van der Waals surface area contributed by atoms with Crippen molar-refractivity contribution in [2.24, 2.45) is 0 Å². The van der Waals surface area contributed by atoms with Crippen LogP contribution in [0.4, 0.5) is 4.39 Å². The van der Waals surface area contributed by atoms with Crippen molar-refractivity contribution >= 4 is 27.3 Å². The summed E-state index contributed by atoms with van der Waals surface area (Å²) in [6.07, 6.45) is 2.96. The molecule has 2 aromatic rings. The van der Waals surface area contributed by atoms with E-state index in [9.17, 15) is 4.39 Å². The van der Waals surface area contributed by atoms with Crippen LogP contribution in [0.1, 0.15) is 35.3 Å². The lowest BCUT2D eigenvalue weighted by atomic mass is 10.1. The van der Waals surface area contributed by atoms with Gasteiger partial charge in [-0.1, -0.05) is 28.9 Å². The van der Waals surface area contributed by atoms with Crippen molar-refractivity contribution in [3.05, 3.63) is 50.1 Å². The van der Waals surface area contributed by atoms with Gasteiger partial charge in [0.25, 0.3) is 0 Å². The Hall–Kier alpha value is -0.780. The Labute approximate surface area is 125 Å². The van der Waals surface area contributed by atoms with Crippen molar-refractivity contribution in [2.45, 2.75) is 32.9 Å². The summed E-state index contributed by atoms with van der Waals surface area (Å²) in [5.74, 6) is -0.227.